The summed E-state index contributed by atoms with van der Waals surface area (Å²) in [6.45, 7) is 6.47. The molecular formula is C12H25NO. The van der Waals surface area contributed by atoms with E-state index in [1.165, 1.54) is 38.5 Å². The number of hydrogen-bond acceptors (Lipinski definition) is 2. The fraction of sp³-hybridized carbons (Fsp3) is 1.00. The second-order valence-electron chi connectivity index (χ2n) is 4.27. The summed E-state index contributed by atoms with van der Waals surface area (Å²) in [6, 6.07) is 0.719. The van der Waals surface area contributed by atoms with Gasteiger partial charge in [0, 0.05) is 12.6 Å². The SMILES string of the molecule is CCCCCOC1CCC(NCC)C1. The van der Waals surface area contributed by atoms with Crippen molar-refractivity contribution in [3.8, 4) is 0 Å². The first kappa shape index (κ1) is 12.0. The van der Waals surface area contributed by atoms with E-state index in [-0.39, 0.29) is 0 Å². The zero-order valence-electron chi connectivity index (χ0n) is 9.72. The molecule has 0 bridgehead atoms. The summed E-state index contributed by atoms with van der Waals surface area (Å²) in [5.74, 6) is 0. The van der Waals surface area contributed by atoms with Gasteiger partial charge in [-0.15, -0.1) is 0 Å². The first-order valence-electron chi connectivity index (χ1n) is 6.21. The van der Waals surface area contributed by atoms with Gasteiger partial charge in [-0.1, -0.05) is 26.7 Å². The second-order valence-corrected chi connectivity index (χ2v) is 4.27. The van der Waals surface area contributed by atoms with Crippen molar-refractivity contribution in [1.82, 2.24) is 5.32 Å². The van der Waals surface area contributed by atoms with Crippen molar-refractivity contribution in [3.63, 3.8) is 0 Å². The molecule has 1 aliphatic carbocycles. The fourth-order valence-corrected chi connectivity index (χ4v) is 2.17. The van der Waals surface area contributed by atoms with E-state index in [0.29, 0.717) is 6.10 Å². The van der Waals surface area contributed by atoms with E-state index in [4.69, 9.17) is 4.74 Å². The molecule has 0 spiro atoms. The first-order chi connectivity index (χ1) is 6.86. The van der Waals surface area contributed by atoms with Gasteiger partial charge in [-0.3, -0.25) is 0 Å². The fourth-order valence-electron chi connectivity index (χ4n) is 2.17. The predicted octanol–water partition coefficient (Wildman–Crippen LogP) is 2.72. The molecular weight excluding hydrogens is 174 g/mol. The number of ether oxygens (including phenoxy) is 1. The molecule has 0 aromatic carbocycles. The molecule has 0 amide bonds. The van der Waals surface area contributed by atoms with Gasteiger partial charge in [0.25, 0.3) is 0 Å². The molecule has 0 aromatic heterocycles. The van der Waals surface area contributed by atoms with Crippen molar-refractivity contribution < 1.29 is 4.74 Å². The van der Waals surface area contributed by atoms with E-state index in [1.807, 2.05) is 0 Å². The van der Waals surface area contributed by atoms with Gasteiger partial charge in [-0.25, -0.2) is 0 Å². The minimum absolute atomic E-state index is 0.538. The average Bonchev–Trinajstić information content (AvgIpc) is 2.61. The Labute approximate surface area is 88.4 Å². The molecule has 2 atom stereocenters. The maximum absolute atomic E-state index is 5.84. The van der Waals surface area contributed by atoms with Crippen LogP contribution in [0, 0.1) is 0 Å². The summed E-state index contributed by atoms with van der Waals surface area (Å²) in [5.41, 5.74) is 0. The van der Waals surface area contributed by atoms with Gasteiger partial charge in [-0.05, 0) is 32.2 Å². The minimum Gasteiger partial charge on any atom is -0.378 e. The molecule has 0 aliphatic heterocycles. The van der Waals surface area contributed by atoms with Gasteiger partial charge >= 0.3 is 0 Å². The quantitative estimate of drug-likeness (QED) is 0.637. The summed E-state index contributed by atoms with van der Waals surface area (Å²) in [7, 11) is 0. The van der Waals surface area contributed by atoms with Crippen LogP contribution in [0.5, 0.6) is 0 Å². The maximum Gasteiger partial charge on any atom is 0.0590 e. The van der Waals surface area contributed by atoms with Gasteiger partial charge in [0.1, 0.15) is 0 Å². The van der Waals surface area contributed by atoms with E-state index in [2.05, 4.69) is 19.2 Å². The highest BCUT2D eigenvalue weighted by molar-refractivity contribution is 4.80. The lowest BCUT2D eigenvalue weighted by Gasteiger charge is -2.12. The summed E-state index contributed by atoms with van der Waals surface area (Å²) >= 11 is 0. The molecule has 2 nitrogen and oxygen atoms in total. The Morgan fingerprint density at radius 3 is 2.79 bits per heavy atom. The lowest BCUT2D eigenvalue weighted by atomic mass is 10.2. The Bertz CT molecular complexity index is 138. The van der Waals surface area contributed by atoms with Crippen LogP contribution in [0.25, 0.3) is 0 Å². The predicted molar refractivity (Wildman–Crippen MR) is 60.6 cm³/mol. The number of hydrogen-bond donors (Lipinski definition) is 1. The highest BCUT2D eigenvalue weighted by Gasteiger charge is 2.23. The van der Waals surface area contributed by atoms with Gasteiger partial charge in [0.2, 0.25) is 0 Å². The molecule has 1 saturated carbocycles. The molecule has 1 rings (SSSR count). The standard InChI is InChI=1S/C12H25NO/c1-3-5-6-9-14-12-8-7-11(10-12)13-4-2/h11-13H,3-10H2,1-2H3. The molecule has 1 aliphatic rings. The smallest absolute Gasteiger partial charge is 0.0590 e. The molecule has 0 radical (unpaired) electrons. The van der Waals surface area contributed by atoms with Crippen LogP contribution in [-0.4, -0.2) is 25.3 Å². The highest BCUT2D eigenvalue weighted by atomic mass is 16.5. The molecule has 0 aromatic rings. The molecule has 0 heterocycles. The lowest BCUT2D eigenvalue weighted by molar-refractivity contribution is 0.0543. The Hall–Kier alpha value is -0.0800. The molecule has 0 saturated heterocycles. The summed E-state index contributed by atoms with van der Waals surface area (Å²) < 4.78 is 5.84. The normalized spacial score (nSPS) is 27.0. The van der Waals surface area contributed by atoms with Gasteiger partial charge in [0.05, 0.1) is 6.10 Å². The van der Waals surface area contributed by atoms with E-state index >= 15 is 0 Å². The third-order valence-corrected chi connectivity index (χ3v) is 2.98. The lowest BCUT2D eigenvalue weighted by Crippen LogP contribution is -2.26. The number of unbranched alkanes of at least 4 members (excludes halogenated alkanes) is 2. The molecule has 2 heteroatoms. The van der Waals surface area contributed by atoms with Crippen molar-refractivity contribution in [2.75, 3.05) is 13.2 Å². The number of nitrogens with one attached hydrogen (secondary N) is 1. The Morgan fingerprint density at radius 1 is 1.21 bits per heavy atom. The maximum atomic E-state index is 5.84. The zero-order valence-corrected chi connectivity index (χ0v) is 9.72. The summed E-state index contributed by atoms with van der Waals surface area (Å²) in [4.78, 5) is 0. The van der Waals surface area contributed by atoms with Crippen LogP contribution in [0.15, 0.2) is 0 Å². The molecule has 1 N–H and O–H groups in total. The van der Waals surface area contributed by atoms with Crippen molar-refractivity contribution >= 4 is 0 Å². The largest absolute Gasteiger partial charge is 0.378 e. The molecule has 2 unspecified atom stereocenters. The molecule has 1 fully saturated rings. The van der Waals surface area contributed by atoms with Crippen LogP contribution in [0.1, 0.15) is 52.4 Å². The van der Waals surface area contributed by atoms with Gasteiger partial charge in [-0.2, -0.15) is 0 Å². The highest BCUT2D eigenvalue weighted by Crippen LogP contribution is 2.22. The topological polar surface area (TPSA) is 21.3 Å². The monoisotopic (exact) mass is 199 g/mol. The van der Waals surface area contributed by atoms with Crippen LogP contribution in [0.3, 0.4) is 0 Å². The zero-order chi connectivity index (χ0) is 10.2. The second kappa shape index (κ2) is 7.24. The average molecular weight is 199 g/mol. The summed E-state index contributed by atoms with van der Waals surface area (Å²) in [5, 5.41) is 3.50. The van der Waals surface area contributed by atoms with E-state index in [0.717, 1.165) is 19.2 Å². The van der Waals surface area contributed by atoms with E-state index in [1.54, 1.807) is 0 Å². The van der Waals surface area contributed by atoms with E-state index < -0.39 is 0 Å². The Kier molecular flexibility index (Phi) is 6.20. The summed E-state index contributed by atoms with van der Waals surface area (Å²) in [6.07, 6.45) is 8.14. The van der Waals surface area contributed by atoms with Crippen LogP contribution in [0.2, 0.25) is 0 Å². The van der Waals surface area contributed by atoms with Crippen molar-refractivity contribution in [1.29, 1.82) is 0 Å². The molecule has 84 valence electrons. The van der Waals surface area contributed by atoms with Crippen LogP contribution in [-0.2, 0) is 4.74 Å². The van der Waals surface area contributed by atoms with Crippen molar-refractivity contribution in [2.45, 2.75) is 64.5 Å². The van der Waals surface area contributed by atoms with E-state index in [9.17, 15) is 0 Å². The number of rotatable bonds is 7. The van der Waals surface area contributed by atoms with Crippen molar-refractivity contribution in [2.24, 2.45) is 0 Å². The minimum atomic E-state index is 0.538. The van der Waals surface area contributed by atoms with Gasteiger partial charge < -0.3 is 10.1 Å². The third-order valence-electron chi connectivity index (χ3n) is 2.98. The molecule has 14 heavy (non-hydrogen) atoms. The van der Waals surface area contributed by atoms with Crippen LogP contribution >= 0.6 is 0 Å². The third kappa shape index (κ3) is 4.43. The first-order valence-corrected chi connectivity index (χ1v) is 6.21. The Balaban J connectivity index is 1.98. The Morgan fingerprint density at radius 2 is 2.07 bits per heavy atom. The van der Waals surface area contributed by atoms with Crippen molar-refractivity contribution in [3.05, 3.63) is 0 Å². The van der Waals surface area contributed by atoms with Gasteiger partial charge in [0.15, 0.2) is 0 Å². The van der Waals surface area contributed by atoms with Crippen LogP contribution < -0.4 is 5.32 Å². The van der Waals surface area contributed by atoms with Crippen LogP contribution in [0.4, 0.5) is 0 Å².